The van der Waals surface area contributed by atoms with Gasteiger partial charge in [-0.15, -0.1) is 0 Å². The Morgan fingerprint density at radius 1 is 1.07 bits per heavy atom. The van der Waals surface area contributed by atoms with Gasteiger partial charge in [-0.25, -0.2) is 0 Å². The Morgan fingerprint density at radius 3 is 2.54 bits per heavy atom. The highest BCUT2D eigenvalue weighted by Crippen LogP contribution is 2.31. The summed E-state index contributed by atoms with van der Waals surface area (Å²) in [5.74, 6) is -1.82. The number of hydrogen-bond donors (Lipinski definition) is 1. The first-order chi connectivity index (χ1) is 13.5. The highest BCUT2D eigenvalue weighted by molar-refractivity contribution is 14.1. The van der Waals surface area contributed by atoms with E-state index in [9.17, 15) is 23.4 Å². The molecule has 2 unspecified atom stereocenters. The first kappa shape index (κ1) is 21.1. The van der Waals surface area contributed by atoms with Gasteiger partial charge in [-0.2, -0.15) is 0 Å². The van der Waals surface area contributed by atoms with Gasteiger partial charge >= 0.3 is 0 Å². The third-order valence-electron chi connectivity index (χ3n) is 4.89. The maximum absolute atomic E-state index is 13.0. The van der Waals surface area contributed by atoms with Gasteiger partial charge in [-0.3, -0.25) is 33.6 Å². The second-order valence-corrected chi connectivity index (χ2v) is 9.40. The molecule has 9 heteroatoms. The molecule has 1 aromatic rings. The van der Waals surface area contributed by atoms with Crippen molar-refractivity contribution in [2.75, 3.05) is 10.2 Å². The van der Waals surface area contributed by atoms with Crippen molar-refractivity contribution in [3.8, 4) is 0 Å². The topological polar surface area (TPSA) is 101 Å². The minimum Gasteiger partial charge on any atom is -0.295 e. The van der Waals surface area contributed by atoms with Gasteiger partial charge in [-0.1, -0.05) is 41.5 Å². The third kappa shape index (κ3) is 4.19. The van der Waals surface area contributed by atoms with Gasteiger partial charge in [0.2, 0.25) is 11.8 Å². The van der Waals surface area contributed by atoms with Crippen LogP contribution >= 0.6 is 22.6 Å². The number of piperidine rings is 1. The van der Waals surface area contributed by atoms with E-state index in [4.69, 9.17) is 0 Å². The van der Waals surface area contributed by atoms with E-state index >= 15 is 0 Å². The summed E-state index contributed by atoms with van der Waals surface area (Å²) in [4.78, 5) is 50.5. The summed E-state index contributed by atoms with van der Waals surface area (Å²) in [6.45, 7) is 0. The lowest BCUT2D eigenvalue weighted by molar-refractivity contribution is -0.136. The molecule has 0 radical (unpaired) electrons. The Bertz CT molecular complexity index is 857. The lowest BCUT2D eigenvalue weighted by Crippen LogP contribution is -2.54. The number of benzene rings is 1. The Kier molecular flexibility index (Phi) is 6.97. The lowest BCUT2D eigenvalue weighted by atomic mass is 10.0. The molecular weight excluding hydrogens is 495 g/mol. The molecule has 1 saturated heterocycles. The molecule has 7 nitrogen and oxygen atoms in total. The lowest BCUT2D eigenvalue weighted by Gasteiger charge is -2.27. The van der Waals surface area contributed by atoms with Crippen LogP contribution in [-0.4, -0.2) is 49.0 Å². The number of fused-ring (bicyclic) bond motifs is 1. The number of halogens is 1. The number of carbonyl (C=O) groups excluding carboxylic acids is 4. The number of imide groups is 2. The summed E-state index contributed by atoms with van der Waals surface area (Å²) < 4.78 is 13.9. The zero-order valence-electron chi connectivity index (χ0n) is 15.2. The molecule has 0 aromatic heterocycles. The van der Waals surface area contributed by atoms with Crippen molar-refractivity contribution in [3.63, 3.8) is 0 Å². The van der Waals surface area contributed by atoms with Crippen LogP contribution in [0.2, 0.25) is 0 Å². The average molecular weight is 516 g/mol. The summed E-state index contributed by atoms with van der Waals surface area (Å²) in [5, 5.41) is 2.17. The molecule has 2 heterocycles. The van der Waals surface area contributed by atoms with E-state index in [1.165, 1.54) is 6.07 Å². The molecule has 1 N–H and O–H groups in total. The smallest absolute Gasteiger partial charge is 0.263 e. The van der Waals surface area contributed by atoms with Gasteiger partial charge in [-0.05, 0) is 35.8 Å². The molecule has 2 atom stereocenters. The zero-order chi connectivity index (χ0) is 20.3. The predicted octanol–water partition coefficient (Wildman–Crippen LogP) is 2.19. The Morgan fingerprint density at radius 2 is 1.82 bits per heavy atom. The molecule has 1 aromatic carbocycles. The molecule has 0 saturated carbocycles. The second-order valence-electron chi connectivity index (χ2n) is 6.78. The van der Waals surface area contributed by atoms with Crippen molar-refractivity contribution in [1.82, 2.24) is 10.2 Å². The standard InChI is InChI=1S/C19H21IN2O5S/c20-10-3-1-2-4-11-28(27)14-7-5-6-12-16(14)19(26)22(18(12)25)13-8-9-15(23)21-17(13)24/h5-7,13H,1-4,8-11H2,(H,21,23,24). The van der Waals surface area contributed by atoms with Crippen molar-refractivity contribution >= 4 is 57.0 Å². The first-order valence-corrected chi connectivity index (χ1v) is 12.1. The van der Waals surface area contributed by atoms with Crippen LogP contribution in [-0.2, 0) is 20.4 Å². The largest absolute Gasteiger partial charge is 0.295 e. The number of unbranched alkanes of at least 4 members (excludes halogenated alkanes) is 3. The monoisotopic (exact) mass is 516 g/mol. The number of nitrogens with one attached hydrogen (secondary N) is 1. The van der Waals surface area contributed by atoms with Crippen molar-refractivity contribution in [2.24, 2.45) is 0 Å². The van der Waals surface area contributed by atoms with Crippen LogP contribution in [0.5, 0.6) is 0 Å². The van der Waals surface area contributed by atoms with Crippen molar-refractivity contribution in [3.05, 3.63) is 29.3 Å². The molecular formula is C19H21IN2O5S. The fraction of sp³-hybridized carbons (Fsp3) is 0.474. The molecule has 28 heavy (non-hydrogen) atoms. The summed E-state index contributed by atoms with van der Waals surface area (Å²) in [6.07, 6.45) is 4.13. The number of hydrogen-bond acceptors (Lipinski definition) is 5. The number of alkyl halides is 1. The molecule has 150 valence electrons. The number of carbonyl (C=O) groups is 4. The number of amides is 4. The van der Waals surface area contributed by atoms with Crippen LogP contribution in [0.4, 0.5) is 0 Å². The predicted molar refractivity (Wildman–Crippen MR) is 112 cm³/mol. The first-order valence-electron chi connectivity index (χ1n) is 9.24. The quantitative estimate of drug-likeness (QED) is 0.247. The summed E-state index contributed by atoms with van der Waals surface area (Å²) in [7, 11) is -1.40. The molecule has 2 aliphatic heterocycles. The summed E-state index contributed by atoms with van der Waals surface area (Å²) in [6, 6.07) is 3.72. The Labute approximate surface area is 179 Å². The van der Waals surface area contributed by atoms with E-state index in [0.29, 0.717) is 10.6 Å². The van der Waals surface area contributed by atoms with Crippen LogP contribution in [0.1, 0.15) is 59.2 Å². The van der Waals surface area contributed by atoms with Gasteiger partial charge in [0, 0.05) is 12.2 Å². The third-order valence-corrected chi connectivity index (χ3v) is 7.14. The minimum atomic E-state index is -1.40. The minimum absolute atomic E-state index is 0.0693. The normalized spacial score (nSPS) is 20.3. The van der Waals surface area contributed by atoms with Crippen molar-refractivity contribution < 1.29 is 23.4 Å². The molecule has 0 aliphatic carbocycles. The van der Waals surface area contributed by atoms with E-state index in [-0.39, 0.29) is 24.0 Å². The molecule has 2 aliphatic rings. The average Bonchev–Trinajstić information content (AvgIpc) is 2.93. The van der Waals surface area contributed by atoms with Gasteiger partial charge in [0.25, 0.3) is 11.8 Å². The van der Waals surface area contributed by atoms with Gasteiger partial charge in [0.05, 0.1) is 26.8 Å². The Balaban J connectivity index is 1.79. The van der Waals surface area contributed by atoms with Gasteiger partial charge in [0.1, 0.15) is 6.04 Å². The summed E-state index contributed by atoms with van der Waals surface area (Å²) in [5.41, 5.74) is 0.299. The van der Waals surface area contributed by atoms with E-state index in [2.05, 4.69) is 27.9 Å². The van der Waals surface area contributed by atoms with Gasteiger partial charge in [0.15, 0.2) is 0 Å². The highest BCUT2D eigenvalue weighted by atomic mass is 127. The molecule has 0 bridgehead atoms. The number of rotatable bonds is 8. The van der Waals surface area contributed by atoms with E-state index < -0.39 is 40.5 Å². The van der Waals surface area contributed by atoms with E-state index in [1.54, 1.807) is 12.1 Å². The molecule has 4 amide bonds. The fourth-order valence-corrected chi connectivity index (χ4v) is 5.35. The summed E-state index contributed by atoms with van der Waals surface area (Å²) >= 11 is 2.33. The fourth-order valence-electron chi connectivity index (χ4n) is 3.46. The van der Waals surface area contributed by atoms with Crippen LogP contribution < -0.4 is 5.32 Å². The van der Waals surface area contributed by atoms with Crippen LogP contribution in [0.3, 0.4) is 0 Å². The maximum atomic E-state index is 13.0. The van der Waals surface area contributed by atoms with Crippen molar-refractivity contribution in [1.29, 1.82) is 0 Å². The van der Waals surface area contributed by atoms with Gasteiger partial charge < -0.3 is 0 Å². The molecule has 0 spiro atoms. The molecule has 1 fully saturated rings. The van der Waals surface area contributed by atoms with Crippen LogP contribution in [0.15, 0.2) is 23.1 Å². The van der Waals surface area contributed by atoms with Crippen molar-refractivity contribution in [2.45, 2.75) is 49.5 Å². The van der Waals surface area contributed by atoms with Crippen LogP contribution in [0.25, 0.3) is 0 Å². The molecule has 3 rings (SSSR count). The maximum Gasteiger partial charge on any atom is 0.263 e. The zero-order valence-corrected chi connectivity index (χ0v) is 18.2. The van der Waals surface area contributed by atoms with E-state index in [0.717, 1.165) is 35.0 Å². The second kappa shape index (κ2) is 9.25. The van der Waals surface area contributed by atoms with Crippen LogP contribution in [0, 0.1) is 0 Å². The Hall–Kier alpha value is -1.62. The SMILES string of the molecule is O=C1CCC(N2C(=O)c3cccc(S(=O)CCCCCCI)c3C2=O)C(=O)N1. The highest BCUT2D eigenvalue weighted by Gasteiger charge is 2.45. The van der Waals surface area contributed by atoms with E-state index in [1.807, 2.05) is 0 Å². The number of nitrogens with zero attached hydrogens (tertiary/aromatic N) is 1.